The van der Waals surface area contributed by atoms with Gasteiger partial charge < -0.3 is 5.32 Å². The average molecular weight is 265 g/mol. The Morgan fingerprint density at radius 1 is 1.33 bits per heavy atom. The average Bonchev–Trinajstić information content (AvgIpc) is 3.10. The summed E-state index contributed by atoms with van der Waals surface area (Å²) in [4.78, 5) is 2.46. The molecule has 0 bridgehead atoms. The van der Waals surface area contributed by atoms with E-state index in [9.17, 15) is 0 Å². The van der Waals surface area contributed by atoms with Crippen molar-refractivity contribution in [2.75, 3.05) is 20.1 Å². The van der Waals surface area contributed by atoms with E-state index < -0.39 is 0 Å². The van der Waals surface area contributed by atoms with Crippen LogP contribution in [0.3, 0.4) is 0 Å². The molecule has 1 aromatic carbocycles. The second-order valence-electron chi connectivity index (χ2n) is 5.71. The van der Waals surface area contributed by atoms with Gasteiger partial charge in [0.2, 0.25) is 0 Å². The van der Waals surface area contributed by atoms with Crippen molar-refractivity contribution in [3.8, 4) is 0 Å². The third-order valence-corrected chi connectivity index (χ3v) is 4.45. The van der Waals surface area contributed by atoms with Gasteiger partial charge in [0, 0.05) is 23.7 Å². The first kappa shape index (κ1) is 12.5. The van der Waals surface area contributed by atoms with E-state index in [0.717, 1.165) is 17.6 Å². The summed E-state index contributed by atoms with van der Waals surface area (Å²) >= 11 is 6.12. The molecule has 1 aliphatic carbocycles. The summed E-state index contributed by atoms with van der Waals surface area (Å²) in [5.74, 6) is 0.717. The van der Waals surface area contributed by atoms with Gasteiger partial charge >= 0.3 is 0 Å². The lowest BCUT2D eigenvalue weighted by Crippen LogP contribution is -2.29. The van der Waals surface area contributed by atoms with Gasteiger partial charge in [0.15, 0.2) is 0 Å². The summed E-state index contributed by atoms with van der Waals surface area (Å²) in [6.07, 6.45) is 4.02. The van der Waals surface area contributed by atoms with Crippen molar-refractivity contribution in [1.82, 2.24) is 10.2 Å². The first-order valence-electron chi connectivity index (χ1n) is 6.93. The second kappa shape index (κ2) is 5.20. The summed E-state index contributed by atoms with van der Waals surface area (Å²) in [6.45, 7) is 2.33. The van der Waals surface area contributed by atoms with Gasteiger partial charge in [-0.05, 0) is 56.5 Å². The molecule has 2 aliphatic rings. The fraction of sp³-hybridized carbons (Fsp3) is 0.600. The van der Waals surface area contributed by atoms with Gasteiger partial charge in [0.05, 0.1) is 0 Å². The van der Waals surface area contributed by atoms with Crippen LogP contribution in [-0.2, 0) is 0 Å². The molecule has 0 aromatic heterocycles. The van der Waals surface area contributed by atoms with Crippen LogP contribution in [0.15, 0.2) is 24.3 Å². The summed E-state index contributed by atoms with van der Waals surface area (Å²) < 4.78 is 0. The highest BCUT2D eigenvalue weighted by Gasteiger charge is 2.34. The highest BCUT2D eigenvalue weighted by Crippen LogP contribution is 2.37. The van der Waals surface area contributed by atoms with Crippen LogP contribution in [-0.4, -0.2) is 31.1 Å². The van der Waals surface area contributed by atoms with Gasteiger partial charge in [-0.1, -0.05) is 23.7 Å². The molecule has 1 saturated carbocycles. The van der Waals surface area contributed by atoms with Crippen molar-refractivity contribution in [3.63, 3.8) is 0 Å². The smallest absolute Gasteiger partial charge is 0.0409 e. The zero-order valence-corrected chi connectivity index (χ0v) is 11.7. The molecule has 2 unspecified atom stereocenters. The highest BCUT2D eigenvalue weighted by molar-refractivity contribution is 6.30. The van der Waals surface area contributed by atoms with Gasteiger partial charge in [0.25, 0.3) is 0 Å². The van der Waals surface area contributed by atoms with E-state index in [-0.39, 0.29) is 0 Å². The summed E-state index contributed by atoms with van der Waals surface area (Å²) in [6, 6.07) is 9.68. The first-order valence-corrected chi connectivity index (χ1v) is 7.31. The minimum Gasteiger partial charge on any atom is -0.314 e. The van der Waals surface area contributed by atoms with Crippen molar-refractivity contribution >= 4 is 11.6 Å². The molecule has 1 N–H and O–H groups in total. The largest absolute Gasteiger partial charge is 0.314 e. The molecule has 1 aliphatic heterocycles. The van der Waals surface area contributed by atoms with Crippen molar-refractivity contribution in [2.45, 2.75) is 31.3 Å². The lowest BCUT2D eigenvalue weighted by atomic mass is 9.93. The number of benzene rings is 1. The molecule has 2 fully saturated rings. The van der Waals surface area contributed by atoms with Crippen molar-refractivity contribution in [3.05, 3.63) is 34.9 Å². The zero-order chi connectivity index (χ0) is 12.5. The molecule has 18 heavy (non-hydrogen) atoms. The number of likely N-dealkylation sites (tertiary alicyclic amines) is 1. The molecular formula is C15H21ClN2. The Balaban J connectivity index is 1.73. The maximum absolute atomic E-state index is 6.12. The predicted octanol–water partition coefficient (Wildman–Crippen LogP) is 3.08. The molecule has 1 aromatic rings. The second-order valence-corrected chi connectivity index (χ2v) is 6.15. The lowest BCUT2D eigenvalue weighted by Gasteiger charge is -2.26. The van der Waals surface area contributed by atoms with Gasteiger partial charge in [-0.25, -0.2) is 0 Å². The van der Waals surface area contributed by atoms with Crippen molar-refractivity contribution in [2.24, 2.45) is 5.92 Å². The standard InChI is InChI=1S/C15H21ClN2/c1-18-8-7-12(10-17-14-5-6-14)15(18)11-3-2-4-13(16)9-11/h2-4,9,12,14-15,17H,5-8,10H2,1H3. The number of hydrogen-bond donors (Lipinski definition) is 1. The van der Waals surface area contributed by atoms with E-state index in [1.807, 2.05) is 6.07 Å². The summed E-state index contributed by atoms with van der Waals surface area (Å²) in [5.41, 5.74) is 1.37. The van der Waals surface area contributed by atoms with Gasteiger partial charge in [-0.2, -0.15) is 0 Å². The van der Waals surface area contributed by atoms with Crippen LogP contribution in [0.1, 0.15) is 30.9 Å². The van der Waals surface area contributed by atoms with E-state index in [1.165, 1.54) is 31.4 Å². The van der Waals surface area contributed by atoms with Crippen LogP contribution in [0.4, 0.5) is 0 Å². The minimum absolute atomic E-state index is 0.523. The van der Waals surface area contributed by atoms with E-state index >= 15 is 0 Å². The Labute approximate surface area is 114 Å². The summed E-state index contributed by atoms with van der Waals surface area (Å²) in [7, 11) is 2.22. The van der Waals surface area contributed by atoms with Crippen LogP contribution in [0.5, 0.6) is 0 Å². The SMILES string of the molecule is CN1CCC(CNC2CC2)C1c1cccc(Cl)c1. The molecule has 98 valence electrons. The molecular weight excluding hydrogens is 244 g/mol. The Morgan fingerprint density at radius 3 is 2.89 bits per heavy atom. The van der Waals surface area contributed by atoms with Crippen LogP contribution < -0.4 is 5.32 Å². The molecule has 0 radical (unpaired) electrons. The molecule has 3 rings (SSSR count). The third kappa shape index (κ3) is 2.71. The first-order chi connectivity index (χ1) is 8.74. The number of halogens is 1. The van der Waals surface area contributed by atoms with Crippen LogP contribution in [0, 0.1) is 5.92 Å². The number of hydrogen-bond acceptors (Lipinski definition) is 2. The summed E-state index contributed by atoms with van der Waals surface area (Å²) in [5, 5.41) is 4.52. The lowest BCUT2D eigenvalue weighted by molar-refractivity contribution is 0.272. The molecule has 2 nitrogen and oxygen atoms in total. The Kier molecular flexibility index (Phi) is 3.60. The van der Waals surface area contributed by atoms with Gasteiger partial charge in [-0.15, -0.1) is 0 Å². The van der Waals surface area contributed by atoms with Gasteiger partial charge in [0.1, 0.15) is 0 Å². The fourth-order valence-corrected chi connectivity index (χ4v) is 3.26. The van der Waals surface area contributed by atoms with Crippen molar-refractivity contribution < 1.29 is 0 Å². The molecule has 1 heterocycles. The molecule has 3 heteroatoms. The van der Waals surface area contributed by atoms with Crippen LogP contribution in [0.25, 0.3) is 0 Å². The third-order valence-electron chi connectivity index (χ3n) is 4.21. The molecule has 1 saturated heterocycles. The van der Waals surface area contributed by atoms with E-state index in [1.54, 1.807) is 0 Å². The predicted molar refractivity (Wildman–Crippen MR) is 76.0 cm³/mol. The molecule has 0 amide bonds. The normalized spacial score (nSPS) is 28.8. The Morgan fingerprint density at radius 2 is 2.17 bits per heavy atom. The monoisotopic (exact) mass is 264 g/mol. The van der Waals surface area contributed by atoms with E-state index in [4.69, 9.17) is 11.6 Å². The maximum atomic E-state index is 6.12. The van der Waals surface area contributed by atoms with Crippen molar-refractivity contribution in [1.29, 1.82) is 0 Å². The minimum atomic E-state index is 0.523. The zero-order valence-electron chi connectivity index (χ0n) is 10.9. The number of nitrogens with zero attached hydrogens (tertiary/aromatic N) is 1. The topological polar surface area (TPSA) is 15.3 Å². The van der Waals surface area contributed by atoms with Crippen LogP contribution in [0.2, 0.25) is 5.02 Å². The van der Waals surface area contributed by atoms with E-state index in [0.29, 0.717) is 12.0 Å². The quantitative estimate of drug-likeness (QED) is 0.899. The molecule has 0 spiro atoms. The van der Waals surface area contributed by atoms with E-state index in [2.05, 4.69) is 35.5 Å². The Hall–Kier alpha value is -0.570. The van der Waals surface area contributed by atoms with Gasteiger partial charge in [-0.3, -0.25) is 4.90 Å². The Bertz CT molecular complexity index is 417. The highest BCUT2D eigenvalue weighted by atomic mass is 35.5. The molecule has 2 atom stereocenters. The fourth-order valence-electron chi connectivity index (χ4n) is 3.06. The number of nitrogens with one attached hydrogen (secondary N) is 1. The van der Waals surface area contributed by atoms with Crippen LogP contribution >= 0.6 is 11.6 Å². The maximum Gasteiger partial charge on any atom is 0.0409 e. The number of rotatable bonds is 4.